The molecule has 0 radical (unpaired) electrons. The zero-order valence-corrected chi connectivity index (χ0v) is 10.4. The smallest absolute Gasteiger partial charge is 0.326 e. The van der Waals surface area contributed by atoms with E-state index in [4.69, 9.17) is 5.73 Å². The molecule has 18 heavy (non-hydrogen) atoms. The van der Waals surface area contributed by atoms with Gasteiger partial charge < -0.3 is 5.73 Å². The maximum atomic E-state index is 12.0. The van der Waals surface area contributed by atoms with Crippen LogP contribution in [0.4, 0.5) is 13.2 Å². The summed E-state index contributed by atoms with van der Waals surface area (Å²) >= 11 is 0. The van der Waals surface area contributed by atoms with Gasteiger partial charge in [0, 0.05) is 6.54 Å². The van der Waals surface area contributed by atoms with Crippen molar-refractivity contribution in [1.82, 2.24) is 4.72 Å². The van der Waals surface area contributed by atoms with Crippen LogP contribution in [0.1, 0.15) is 11.1 Å². The molecule has 0 aliphatic rings. The van der Waals surface area contributed by atoms with Crippen molar-refractivity contribution in [1.29, 1.82) is 0 Å². The number of aryl methyl sites for hydroxylation is 1. The van der Waals surface area contributed by atoms with E-state index >= 15 is 0 Å². The van der Waals surface area contributed by atoms with E-state index in [2.05, 4.69) is 0 Å². The van der Waals surface area contributed by atoms with E-state index in [1.807, 2.05) is 0 Å². The predicted octanol–water partition coefficient (Wildman–Crippen LogP) is 1.29. The van der Waals surface area contributed by atoms with E-state index in [9.17, 15) is 21.6 Å². The number of benzene rings is 1. The maximum absolute atomic E-state index is 12.0. The molecule has 0 aliphatic carbocycles. The van der Waals surface area contributed by atoms with E-state index in [1.165, 1.54) is 22.9 Å². The Balaban J connectivity index is 2.99. The van der Waals surface area contributed by atoms with Crippen LogP contribution < -0.4 is 10.5 Å². The van der Waals surface area contributed by atoms with Crippen molar-refractivity contribution in [2.75, 3.05) is 6.54 Å². The van der Waals surface area contributed by atoms with E-state index in [0.717, 1.165) is 5.56 Å². The molecule has 0 saturated heterocycles. The van der Waals surface area contributed by atoms with Gasteiger partial charge in [-0.2, -0.15) is 13.2 Å². The minimum Gasteiger partial charge on any atom is -0.326 e. The summed E-state index contributed by atoms with van der Waals surface area (Å²) in [6.45, 7) is 0.261. The normalized spacial score (nSPS) is 12.7. The first-order valence-electron chi connectivity index (χ1n) is 5.02. The van der Waals surface area contributed by atoms with E-state index in [0.29, 0.717) is 5.56 Å². The fourth-order valence-electron chi connectivity index (χ4n) is 1.30. The Morgan fingerprint density at radius 1 is 1.33 bits per heavy atom. The van der Waals surface area contributed by atoms with Crippen molar-refractivity contribution in [2.24, 2.45) is 5.73 Å². The van der Waals surface area contributed by atoms with E-state index in [1.54, 1.807) is 6.92 Å². The van der Waals surface area contributed by atoms with Gasteiger partial charge in [0.2, 0.25) is 10.0 Å². The predicted molar refractivity (Wildman–Crippen MR) is 60.3 cm³/mol. The second-order valence-corrected chi connectivity index (χ2v) is 5.50. The first-order chi connectivity index (χ1) is 8.15. The molecule has 0 heterocycles. The minimum absolute atomic E-state index is 0.120. The van der Waals surface area contributed by atoms with Crippen LogP contribution in [0.5, 0.6) is 0 Å². The molecular weight excluding hydrogens is 269 g/mol. The summed E-state index contributed by atoms with van der Waals surface area (Å²) in [5.41, 5.74) is 6.77. The Hall–Kier alpha value is -1.12. The van der Waals surface area contributed by atoms with Gasteiger partial charge in [-0.25, -0.2) is 13.1 Å². The molecule has 1 aromatic rings. The summed E-state index contributed by atoms with van der Waals surface area (Å²) in [7, 11) is -4.17. The summed E-state index contributed by atoms with van der Waals surface area (Å²) in [4.78, 5) is -0.224. The average molecular weight is 282 g/mol. The third-order valence-corrected chi connectivity index (χ3v) is 3.71. The van der Waals surface area contributed by atoms with Crippen molar-refractivity contribution >= 4 is 10.0 Å². The quantitative estimate of drug-likeness (QED) is 0.874. The molecule has 0 aromatic heterocycles. The summed E-state index contributed by atoms with van der Waals surface area (Å²) in [5.74, 6) is 0. The third-order valence-electron chi connectivity index (χ3n) is 2.31. The third kappa shape index (κ3) is 3.97. The van der Waals surface area contributed by atoms with Crippen molar-refractivity contribution in [3.05, 3.63) is 29.3 Å². The van der Waals surface area contributed by atoms with Crippen molar-refractivity contribution in [2.45, 2.75) is 24.5 Å². The second kappa shape index (κ2) is 5.25. The Morgan fingerprint density at radius 3 is 2.44 bits per heavy atom. The molecule has 0 fully saturated rings. The lowest BCUT2D eigenvalue weighted by atomic mass is 10.1. The number of nitrogens with one attached hydrogen (secondary N) is 1. The molecular formula is C10H13F3N2O2S. The highest BCUT2D eigenvalue weighted by Gasteiger charge is 2.30. The highest BCUT2D eigenvalue weighted by Crippen LogP contribution is 2.17. The fourth-order valence-corrected chi connectivity index (χ4v) is 2.36. The number of rotatable bonds is 4. The summed E-state index contributed by atoms with van der Waals surface area (Å²) < 4.78 is 60.6. The summed E-state index contributed by atoms with van der Waals surface area (Å²) in [5, 5.41) is 0. The van der Waals surface area contributed by atoms with E-state index < -0.39 is 22.7 Å². The Morgan fingerprint density at radius 2 is 1.94 bits per heavy atom. The molecule has 1 aromatic carbocycles. The number of hydrogen-bond acceptors (Lipinski definition) is 3. The highest BCUT2D eigenvalue weighted by atomic mass is 32.2. The van der Waals surface area contributed by atoms with Crippen LogP contribution in [0.15, 0.2) is 23.1 Å². The van der Waals surface area contributed by atoms with Gasteiger partial charge in [-0.1, -0.05) is 6.07 Å². The Labute approximate surface area is 103 Å². The molecule has 3 N–H and O–H groups in total. The molecule has 4 nitrogen and oxygen atoms in total. The van der Waals surface area contributed by atoms with Crippen LogP contribution in [0.2, 0.25) is 0 Å². The molecule has 0 bridgehead atoms. The lowest BCUT2D eigenvalue weighted by molar-refractivity contribution is -0.121. The highest BCUT2D eigenvalue weighted by molar-refractivity contribution is 7.89. The molecule has 0 spiro atoms. The number of halogens is 3. The minimum atomic E-state index is -4.59. The summed E-state index contributed by atoms with van der Waals surface area (Å²) in [6.07, 6.45) is -4.59. The number of alkyl halides is 3. The van der Waals surface area contributed by atoms with Gasteiger partial charge in [0.25, 0.3) is 0 Å². The molecule has 1 rings (SSSR count). The van der Waals surface area contributed by atoms with Crippen LogP contribution in [-0.2, 0) is 16.6 Å². The van der Waals surface area contributed by atoms with Gasteiger partial charge >= 0.3 is 6.18 Å². The number of sulfonamides is 1. The van der Waals surface area contributed by atoms with Gasteiger partial charge in [-0.3, -0.25) is 0 Å². The molecule has 0 atom stereocenters. The van der Waals surface area contributed by atoms with Crippen molar-refractivity contribution in [3.63, 3.8) is 0 Å². The lowest BCUT2D eigenvalue weighted by Gasteiger charge is -2.11. The van der Waals surface area contributed by atoms with Gasteiger partial charge in [0.1, 0.15) is 6.54 Å². The molecule has 8 heteroatoms. The van der Waals surface area contributed by atoms with Gasteiger partial charge in [0.05, 0.1) is 4.90 Å². The van der Waals surface area contributed by atoms with Crippen molar-refractivity contribution < 1.29 is 21.6 Å². The first kappa shape index (κ1) is 14.9. The Kier molecular flexibility index (Phi) is 4.36. The maximum Gasteiger partial charge on any atom is 0.402 e. The zero-order valence-electron chi connectivity index (χ0n) is 9.58. The molecule has 0 aliphatic heterocycles. The van der Waals surface area contributed by atoms with Crippen LogP contribution in [0.3, 0.4) is 0 Å². The Bertz CT molecular complexity index is 526. The first-order valence-corrected chi connectivity index (χ1v) is 6.50. The van der Waals surface area contributed by atoms with E-state index in [-0.39, 0.29) is 11.4 Å². The molecule has 0 saturated carbocycles. The van der Waals surface area contributed by atoms with Gasteiger partial charge in [-0.05, 0) is 30.2 Å². The number of hydrogen-bond donors (Lipinski definition) is 2. The average Bonchev–Trinajstić information content (AvgIpc) is 2.26. The summed E-state index contributed by atoms with van der Waals surface area (Å²) in [6, 6.07) is 4.02. The fraction of sp³-hybridized carbons (Fsp3) is 0.400. The van der Waals surface area contributed by atoms with Gasteiger partial charge in [-0.15, -0.1) is 0 Å². The molecule has 0 amide bonds. The van der Waals surface area contributed by atoms with Crippen LogP contribution >= 0.6 is 0 Å². The van der Waals surface area contributed by atoms with Crippen LogP contribution in [0, 0.1) is 6.92 Å². The lowest BCUT2D eigenvalue weighted by Crippen LogP contribution is -2.33. The standard InChI is InChI=1S/C10H13F3N2O2S/c1-7-2-3-9(4-8(7)5-14)18(16,17)15-6-10(11,12)13/h2-4,15H,5-6,14H2,1H3. The van der Waals surface area contributed by atoms with Crippen molar-refractivity contribution in [3.8, 4) is 0 Å². The zero-order chi connectivity index (χ0) is 14.0. The van der Waals surface area contributed by atoms with Gasteiger partial charge in [0.15, 0.2) is 0 Å². The second-order valence-electron chi connectivity index (χ2n) is 3.73. The number of nitrogens with two attached hydrogens (primary N) is 1. The molecule has 0 unspecified atom stereocenters. The topological polar surface area (TPSA) is 72.2 Å². The monoisotopic (exact) mass is 282 g/mol. The SMILES string of the molecule is Cc1ccc(S(=O)(=O)NCC(F)(F)F)cc1CN. The van der Waals surface area contributed by atoms with Crippen LogP contribution in [0.25, 0.3) is 0 Å². The molecule has 102 valence electrons. The van der Waals surface area contributed by atoms with Crippen LogP contribution in [-0.4, -0.2) is 21.1 Å². The largest absolute Gasteiger partial charge is 0.402 e.